The van der Waals surface area contributed by atoms with E-state index < -0.39 is 11.5 Å². The molecule has 9 heteroatoms. The number of hydrogen-bond donors (Lipinski definition) is 0. The maximum atomic E-state index is 13.0. The summed E-state index contributed by atoms with van der Waals surface area (Å²) in [5, 5.41) is 4.07. The Morgan fingerprint density at radius 2 is 2.03 bits per heavy atom. The molecule has 0 radical (unpaired) electrons. The highest BCUT2D eigenvalue weighted by Gasteiger charge is 2.24. The predicted molar refractivity (Wildman–Crippen MR) is 103 cm³/mol. The number of nitrogens with zero attached hydrogens (tertiary/aromatic N) is 4. The molecule has 0 saturated heterocycles. The summed E-state index contributed by atoms with van der Waals surface area (Å²) >= 11 is 0. The first kappa shape index (κ1) is 18.6. The van der Waals surface area contributed by atoms with Crippen molar-refractivity contribution in [3.63, 3.8) is 0 Å². The molecule has 0 unspecified atom stereocenters. The number of fused-ring (bicyclic) bond motifs is 1. The second-order valence-electron chi connectivity index (χ2n) is 6.44. The number of ether oxygens (including phenoxy) is 1. The molecule has 0 spiro atoms. The lowest BCUT2D eigenvalue weighted by molar-refractivity contribution is 0.0526. The minimum absolute atomic E-state index is 0.00709. The van der Waals surface area contributed by atoms with Crippen LogP contribution in [0.4, 0.5) is 0 Å². The Bertz CT molecular complexity index is 1270. The number of esters is 1. The fourth-order valence-electron chi connectivity index (χ4n) is 3.10. The average Bonchev–Trinajstić information content (AvgIpc) is 3.29. The smallest absolute Gasteiger partial charge is 0.342 e. The summed E-state index contributed by atoms with van der Waals surface area (Å²) in [6.45, 7) is 5.42. The van der Waals surface area contributed by atoms with Crippen molar-refractivity contribution in [1.29, 1.82) is 0 Å². The Kier molecular flexibility index (Phi) is 4.71. The Morgan fingerprint density at radius 3 is 2.79 bits per heavy atom. The maximum absolute atomic E-state index is 13.0. The highest BCUT2D eigenvalue weighted by Crippen LogP contribution is 2.22. The number of aryl methyl sites for hydroxylation is 2. The van der Waals surface area contributed by atoms with Gasteiger partial charge in [0, 0.05) is 5.56 Å². The molecule has 3 heterocycles. The van der Waals surface area contributed by atoms with Crippen molar-refractivity contribution >= 4 is 17.1 Å². The van der Waals surface area contributed by atoms with Crippen LogP contribution in [0.25, 0.3) is 22.5 Å². The first-order valence-corrected chi connectivity index (χ1v) is 9.03. The van der Waals surface area contributed by atoms with E-state index >= 15 is 0 Å². The molecule has 0 atom stereocenters. The van der Waals surface area contributed by atoms with Gasteiger partial charge in [-0.15, -0.1) is 0 Å². The Hall–Kier alpha value is -3.75. The van der Waals surface area contributed by atoms with Crippen molar-refractivity contribution in [1.82, 2.24) is 19.7 Å². The average molecular weight is 394 g/mol. The summed E-state index contributed by atoms with van der Waals surface area (Å²) in [5.74, 6) is 0.330. The molecule has 0 aliphatic carbocycles. The normalized spacial score (nSPS) is 11.1. The van der Waals surface area contributed by atoms with Crippen LogP contribution in [0.2, 0.25) is 0 Å². The molecule has 0 bridgehead atoms. The van der Waals surface area contributed by atoms with E-state index in [1.54, 1.807) is 13.8 Å². The van der Waals surface area contributed by atoms with Gasteiger partial charge >= 0.3 is 5.97 Å². The minimum atomic E-state index is -0.625. The summed E-state index contributed by atoms with van der Waals surface area (Å²) in [7, 11) is 0. The molecule has 0 aliphatic heterocycles. The van der Waals surface area contributed by atoms with Crippen molar-refractivity contribution in [2.45, 2.75) is 27.3 Å². The molecule has 4 aromatic rings. The SMILES string of the molecule is CCOC(=O)c1c(C)oc2ncn(Cc3nc(-c4ccccc4C)no3)c(=O)c12. The number of hydrogen-bond acceptors (Lipinski definition) is 8. The van der Waals surface area contributed by atoms with Gasteiger partial charge in [0.25, 0.3) is 5.56 Å². The number of carbonyl (C=O) groups excluding carboxylic acids is 1. The Labute approximate surface area is 164 Å². The minimum Gasteiger partial charge on any atom is -0.462 e. The van der Waals surface area contributed by atoms with Gasteiger partial charge in [0.1, 0.15) is 29.6 Å². The van der Waals surface area contributed by atoms with Crippen LogP contribution in [0, 0.1) is 13.8 Å². The molecule has 0 aliphatic rings. The fraction of sp³-hybridized carbons (Fsp3) is 0.250. The van der Waals surface area contributed by atoms with E-state index in [9.17, 15) is 9.59 Å². The van der Waals surface area contributed by atoms with Crippen molar-refractivity contribution < 1.29 is 18.5 Å². The highest BCUT2D eigenvalue weighted by atomic mass is 16.5. The van der Waals surface area contributed by atoms with Gasteiger partial charge in [-0.2, -0.15) is 4.98 Å². The number of carbonyl (C=O) groups is 1. The van der Waals surface area contributed by atoms with Crippen LogP contribution >= 0.6 is 0 Å². The number of benzene rings is 1. The summed E-state index contributed by atoms with van der Waals surface area (Å²) < 4.78 is 17.1. The molecule has 0 fully saturated rings. The molecule has 4 rings (SSSR count). The lowest BCUT2D eigenvalue weighted by atomic mass is 10.1. The third-order valence-corrected chi connectivity index (χ3v) is 4.49. The van der Waals surface area contributed by atoms with E-state index in [-0.39, 0.29) is 41.5 Å². The van der Waals surface area contributed by atoms with Gasteiger partial charge in [0.2, 0.25) is 17.4 Å². The zero-order valence-corrected chi connectivity index (χ0v) is 16.1. The summed E-state index contributed by atoms with van der Waals surface area (Å²) in [6, 6.07) is 7.66. The molecule has 0 N–H and O–H groups in total. The third kappa shape index (κ3) is 3.31. The lowest BCUT2D eigenvalue weighted by Gasteiger charge is -2.02. The van der Waals surface area contributed by atoms with Gasteiger partial charge < -0.3 is 13.7 Å². The predicted octanol–water partition coefficient (Wildman–Crippen LogP) is 2.88. The van der Waals surface area contributed by atoms with E-state index in [1.807, 2.05) is 31.2 Å². The molecule has 148 valence electrons. The first-order chi connectivity index (χ1) is 14.0. The van der Waals surface area contributed by atoms with Gasteiger partial charge in [0.15, 0.2) is 0 Å². The molecular formula is C20H18N4O5. The largest absolute Gasteiger partial charge is 0.462 e. The number of aromatic nitrogens is 4. The van der Waals surface area contributed by atoms with E-state index in [0.29, 0.717) is 5.82 Å². The zero-order valence-electron chi connectivity index (χ0n) is 16.1. The van der Waals surface area contributed by atoms with Gasteiger partial charge in [-0.25, -0.2) is 9.78 Å². The van der Waals surface area contributed by atoms with Gasteiger partial charge in [-0.1, -0.05) is 29.4 Å². The highest BCUT2D eigenvalue weighted by molar-refractivity contribution is 6.03. The van der Waals surface area contributed by atoms with Crippen molar-refractivity contribution in [3.05, 3.63) is 63.7 Å². The summed E-state index contributed by atoms with van der Waals surface area (Å²) in [5.41, 5.74) is 1.56. The second-order valence-corrected chi connectivity index (χ2v) is 6.44. The molecule has 1 aromatic carbocycles. The molecule has 29 heavy (non-hydrogen) atoms. The van der Waals surface area contributed by atoms with Crippen LogP contribution in [0.1, 0.15) is 34.5 Å². The molecule has 3 aromatic heterocycles. The van der Waals surface area contributed by atoms with Crippen molar-refractivity contribution in [2.75, 3.05) is 6.61 Å². The first-order valence-electron chi connectivity index (χ1n) is 9.03. The quantitative estimate of drug-likeness (QED) is 0.475. The maximum Gasteiger partial charge on any atom is 0.342 e. The van der Waals surface area contributed by atoms with Crippen LogP contribution in [-0.2, 0) is 11.3 Å². The van der Waals surface area contributed by atoms with Crippen molar-refractivity contribution in [2.24, 2.45) is 0 Å². The summed E-state index contributed by atoms with van der Waals surface area (Å²) in [6.07, 6.45) is 1.32. The molecule has 0 saturated carbocycles. The topological polar surface area (TPSA) is 113 Å². The Balaban J connectivity index is 1.72. The monoisotopic (exact) mass is 394 g/mol. The van der Waals surface area contributed by atoms with Crippen LogP contribution in [0.15, 0.2) is 44.3 Å². The van der Waals surface area contributed by atoms with Gasteiger partial charge in [-0.05, 0) is 26.3 Å². The van der Waals surface area contributed by atoms with E-state index in [4.69, 9.17) is 13.7 Å². The Morgan fingerprint density at radius 1 is 1.24 bits per heavy atom. The third-order valence-electron chi connectivity index (χ3n) is 4.49. The lowest BCUT2D eigenvalue weighted by Crippen LogP contribution is -2.22. The standard InChI is InChI=1S/C20H18N4O5/c1-4-27-20(26)15-12(3)28-18-16(15)19(25)24(10-21-18)9-14-22-17(23-29-14)13-8-6-5-7-11(13)2/h5-8,10H,4,9H2,1-3H3. The van der Waals surface area contributed by atoms with Crippen LogP contribution < -0.4 is 5.56 Å². The molecule has 9 nitrogen and oxygen atoms in total. The van der Waals surface area contributed by atoms with E-state index in [0.717, 1.165) is 11.1 Å². The molecule has 0 amide bonds. The number of rotatable bonds is 5. The van der Waals surface area contributed by atoms with Crippen molar-refractivity contribution in [3.8, 4) is 11.4 Å². The van der Waals surface area contributed by atoms with E-state index in [2.05, 4.69) is 15.1 Å². The van der Waals surface area contributed by atoms with Gasteiger partial charge in [0.05, 0.1) is 6.61 Å². The van der Waals surface area contributed by atoms with Crippen LogP contribution in [0.3, 0.4) is 0 Å². The zero-order chi connectivity index (χ0) is 20.5. The van der Waals surface area contributed by atoms with Crippen LogP contribution in [-0.4, -0.2) is 32.3 Å². The summed E-state index contributed by atoms with van der Waals surface area (Å²) in [4.78, 5) is 33.7. The second kappa shape index (κ2) is 7.34. The number of furan rings is 1. The van der Waals surface area contributed by atoms with Crippen LogP contribution in [0.5, 0.6) is 0 Å². The van der Waals surface area contributed by atoms with Gasteiger partial charge in [-0.3, -0.25) is 9.36 Å². The fourth-order valence-corrected chi connectivity index (χ4v) is 3.10. The van der Waals surface area contributed by atoms with E-state index in [1.165, 1.54) is 10.9 Å². The molecular weight excluding hydrogens is 376 g/mol.